The van der Waals surface area contributed by atoms with E-state index in [0.717, 1.165) is 24.0 Å². The second-order valence-electron chi connectivity index (χ2n) is 7.95. The van der Waals surface area contributed by atoms with Gasteiger partial charge in [-0.05, 0) is 55.2 Å². The van der Waals surface area contributed by atoms with Crippen LogP contribution in [0.15, 0.2) is 48.5 Å². The third-order valence-electron chi connectivity index (χ3n) is 5.82. The Morgan fingerprint density at radius 2 is 1.62 bits per heavy atom. The zero-order valence-electron chi connectivity index (χ0n) is 17.5. The summed E-state index contributed by atoms with van der Waals surface area (Å²) in [5, 5.41) is 0. The van der Waals surface area contributed by atoms with Gasteiger partial charge in [0.15, 0.2) is 0 Å². The van der Waals surface area contributed by atoms with Gasteiger partial charge in [-0.1, -0.05) is 43.5 Å². The second-order valence-corrected chi connectivity index (χ2v) is 9.86. The smallest absolute Gasteiger partial charge is 0.253 e. The molecular formula is C23H30N2O3S. The number of anilines is 1. The summed E-state index contributed by atoms with van der Waals surface area (Å²) < 4.78 is 26.2. The number of carbonyl (C=O) groups excluding carboxylic acids is 1. The van der Waals surface area contributed by atoms with E-state index < -0.39 is 10.0 Å². The molecule has 1 aliphatic rings. The number of benzene rings is 2. The minimum Gasteiger partial charge on any atom is -0.339 e. The minimum absolute atomic E-state index is 0.00624. The average Bonchev–Trinajstić information content (AvgIpc) is 2.72. The fourth-order valence-corrected chi connectivity index (χ4v) is 4.83. The van der Waals surface area contributed by atoms with E-state index >= 15 is 0 Å². The van der Waals surface area contributed by atoms with Gasteiger partial charge in [0.1, 0.15) is 0 Å². The van der Waals surface area contributed by atoms with Gasteiger partial charge in [0.25, 0.3) is 5.91 Å². The monoisotopic (exact) mass is 414 g/mol. The number of rotatable bonds is 6. The van der Waals surface area contributed by atoms with E-state index in [9.17, 15) is 13.2 Å². The molecule has 0 unspecified atom stereocenters. The van der Waals surface area contributed by atoms with Crippen molar-refractivity contribution in [2.75, 3.05) is 17.6 Å². The van der Waals surface area contributed by atoms with Crippen molar-refractivity contribution in [1.82, 2.24) is 4.90 Å². The molecule has 1 amide bonds. The maximum Gasteiger partial charge on any atom is 0.253 e. The summed E-state index contributed by atoms with van der Waals surface area (Å²) >= 11 is 0. The van der Waals surface area contributed by atoms with E-state index in [1.165, 1.54) is 29.8 Å². The van der Waals surface area contributed by atoms with Crippen LogP contribution in [0.3, 0.4) is 0 Å². The highest BCUT2D eigenvalue weighted by Gasteiger charge is 2.24. The van der Waals surface area contributed by atoms with Crippen LogP contribution in [0.4, 0.5) is 5.69 Å². The number of aryl methyl sites for hydroxylation is 1. The molecule has 2 aromatic rings. The third kappa shape index (κ3) is 5.18. The topological polar surface area (TPSA) is 57.7 Å². The number of amides is 1. The van der Waals surface area contributed by atoms with Crippen LogP contribution in [0.25, 0.3) is 0 Å². The van der Waals surface area contributed by atoms with Crippen molar-refractivity contribution in [2.24, 2.45) is 0 Å². The summed E-state index contributed by atoms with van der Waals surface area (Å²) in [5.41, 5.74) is 3.15. The van der Waals surface area contributed by atoms with Crippen molar-refractivity contribution in [1.29, 1.82) is 0 Å². The fraction of sp³-hybridized carbons (Fsp3) is 0.435. The fourth-order valence-electron chi connectivity index (χ4n) is 3.95. The summed E-state index contributed by atoms with van der Waals surface area (Å²) in [6.45, 7) is 2.24. The van der Waals surface area contributed by atoms with Crippen molar-refractivity contribution in [3.05, 3.63) is 65.2 Å². The van der Waals surface area contributed by atoms with Gasteiger partial charge >= 0.3 is 0 Å². The van der Waals surface area contributed by atoms with Gasteiger partial charge in [-0.2, -0.15) is 0 Å². The van der Waals surface area contributed by atoms with Crippen LogP contribution in [0, 0.1) is 6.92 Å². The lowest BCUT2D eigenvalue weighted by Gasteiger charge is -2.31. The highest BCUT2D eigenvalue weighted by Crippen LogP contribution is 2.25. The molecule has 5 nitrogen and oxygen atoms in total. The second kappa shape index (κ2) is 8.99. The van der Waals surface area contributed by atoms with Crippen molar-refractivity contribution < 1.29 is 13.2 Å². The Morgan fingerprint density at radius 1 is 1.00 bits per heavy atom. The molecule has 2 aromatic carbocycles. The van der Waals surface area contributed by atoms with Crippen molar-refractivity contribution >= 4 is 21.6 Å². The van der Waals surface area contributed by atoms with Gasteiger partial charge in [0.05, 0.1) is 18.5 Å². The molecule has 0 bridgehead atoms. The number of nitrogens with zero attached hydrogens (tertiary/aromatic N) is 2. The average molecular weight is 415 g/mol. The molecule has 3 rings (SSSR count). The van der Waals surface area contributed by atoms with Gasteiger partial charge in [-0.3, -0.25) is 9.10 Å². The van der Waals surface area contributed by atoms with E-state index in [1.54, 1.807) is 24.3 Å². The van der Waals surface area contributed by atoms with Gasteiger partial charge in [0.2, 0.25) is 10.0 Å². The first-order valence-electron chi connectivity index (χ1n) is 10.2. The Hall–Kier alpha value is -2.34. The van der Waals surface area contributed by atoms with Crippen molar-refractivity contribution in [3.8, 4) is 0 Å². The Labute approximate surface area is 174 Å². The molecule has 0 radical (unpaired) electrons. The highest BCUT2D eigenvalue weighted by atomic mass is 32.2. The molecule has 0 heterocycles. The molecule has 29 heavy (non-hydrogen) atoms. The molecule has 0 N–H and O–H groups in total. The number of sulfonamides is 1. The molecule has 0 aromatic heterocycles. The molecule has 0 aliphatic heterocycles. The van der Waals surface area contributed by atoms with E-state index in [-0.39, 0.29) is 12.5 Å². The molecular weight excluding hydrogens is 384 g/mol. The molecule has 6 heteroatoms. The van der Waals surface area contributed by atoms with Gasteiger partial charge < -0.3 is 4.90 Å². The van der Waals surface area contributed by atoms with E-state index in [0.29, 0.717) is 17.3 Å². The summed E-state index contributed by atoms with van der Waals surface area (Å²) in [4.78, 5) is 14.7. The van der Waals surface area contributed by atoms with Crippen molar-refractivity contribution in [2.45, 2.75) is 51.6 Å². The normalized spacial score (nSPS) is 15.1. The highest BCUT2D eigenvalue weighted by molar-refractivity contribution is 7.92. The van der Waals surface area contributed by atoms with Gasteiger partial charge in [-0.15, -0.1) is 0 Å². The minimum atomic E-state index is -3.46. The standard InChI is InChI=1S/C23H30N2O3S/c1-18-9-7-8-10-20(18)17-25(29(3,27)28)22-15-13-19(14-16-22)23(26)24(2)21-11-5-4-6-12-21/h7-10,13-16,21H,4-6,11-12,17H2,1-3H3. The van der Waals surface area contributed by atoms with Gasteiger partial charge in [-0.25, -0.2) is 8.42 Å². The lowest BCUT2D eigenvalue weighted by atomic mass is 9.94. The first kappa shape index (κ1) is 21.4. The Kier molecular flexibility index (Phi) is 6.63. The van der Waals surface area contributed by atoms with Crippen LogP contribution in [0.5, 0.6) is 0 Å². The number of hydrogen-bond donors (Lipinski definition) is 0. The van der Waals surface area contributed by atoms with Crippen LogP contribution in [0.2, 0.25) is 0 Å². The van der Waals surface area contributed by atoms with Crippen LogP contribution < -0.4 is 4.31 Å². The van der Waals surface area contributed by atoms with Gasteiger partial charge in [0, 0.05) is 18.7 Å². The molecule has 156 valence electrons. The largest absolute Gasteiger partial charge is 0.339 e. The molecule has 0 saturated heterocycles. The van der Waals surface area contributed by atoms with Crippen LogP contribution in [0.1, 0.15) is 53.6 Å². The predicted octanol–water partition coefficient (Wildman–Crippen LogP) is 4.37. The van der Waals surface area contributed by atoms with E-state index in [4.69, 9.17) is 0 Å². The van der Waals surface area contributed by atoms with Crippen LogP contribution in [-0.4, -0.2) is 38.6 Å². The lowest BCUT2D eigenvalue weighted by molar-refractivity contribution is 0.0696. The van der Waals surface area contributed by atoms with Crippen LogP contribution >= 0.6 is 0 Å². The number of carbonyl (C=O) groups is 1. The number of hydrogen-bond acceptors (Lipinski definition) is 3. The van der Waals surface area contributed by atoms with E-state index in [1.807, 2.05) is 43.1 Å². The Bertz CT molecular complexity index is 948. The van der Waals surface area contributed by atoms with Crippen molar-refractivity contribution in [3.63, 3.8) is 0 Å². The molecule has 1 fully saturated rings. The molecule has 0 spiro atoms. The zero-order valence-corrected chi connectivity index (χ0v) is 18.3. The Balaban J connectivity index is 1.80. The first-order valence-corrected chi connectivity index (χ1v) is 12.0. The maximum absolute atomic E-state index is 12.9. The summed E-state index contributed by atoms with van der Waals surface area (Å²) in [5.74, 6) is -0.00624. The molecule has 1 saturated carbocycles. The van der Waals surface area contributed by atoms with Crippen LogP contribution in [-0.2, 0) is 16.6 Å². The molecule has 0 atom stereocenters. The predicted molar refractivity (Wildman–Crippen MR) is 118 cm³/mol. The maximum atomic E-state index is 12.9. The quantitative estimate of drug-likeness (QED) is 0.705. The Morgan fingerprint density at radius 3 is 2.21 bits per heavy atom. The zero-order chi connectivity index (χ0) is 21.0. The summed E-state index contributed by atoms with van der Waals surface area (Å²) in [6.07, 6.45) is 6.90. The van der Waals surface area contributed by atoms with E-state index in [2.05, 4.69) is 0 Å². The lowest BCUT2D eigenvalue weighted by Crippen LogP contribution is -2.38. The summed E-state index contributed by atoms with van der Waals surface area (Å²) in [6, 6.07) is 15.0. The molecule has 1 aliphatic carbocycles. The first-order chi connectivity index (χ1) is 13.8. The SMILES string of the molecule is Cc1ccccc1CN(c1ccc(C(=O)N(C)C2CCCCC2)cc1)S(C)(=O)=O. The third-order valence-corrected chi connectivity index (χ3v) is 6.96. The summed E-state index contributed by atoms with van der Waals surface area (Å²) in [7, 11) is -1.59.